The largest absolute Gasteiger partial charge is 0.342 e. The monoisotopic (exact) mass is 412 g/mol. The maximum absolute atomic E-state index is 12.4. The molecule has 0 aliphatic heterocycles. The number of aryl methyl sites for hydroxylation is 1. The van der Waals surface area contributed by atoms with Crippen molar-refractivity contribution < 1.29 is 9.72 Å². The van der Waals surface area contributed by atoms with Gasteiger partial charge in [0.15, 0.2) is 0 Å². The van der Waals surface area contributed by atoms with Crippen LogP contribution >= 0.6 is 0 Å². The molecule has 0 aliphatic carbocycles. The number of nitro benzene ring substituents is 1. The number of hydrogen-bond donors (Lipinski definition) is 1. The molecule has 1 aromatic heterocycles. The summed E-state index contributed by atoms with van der Waals surface area (Å²) in [7, 11) is 0. The second-order valence-electron chi connectivity index (χ2n) is 7.13. The van der Waals surface area contributed by atoms with Gasteiger partial charge >= 0.3 is 0 Å². The lowest BCUT2D eigenvalue weighted by Crippen LogP contribution is -2.18. The van der Waals surface area contributed by atoms with E-state index in [1.807, 2.05) is 42.6 Å². The van der Waals surface area contributed by atoms with Gasteiger partial charge in [0.05, 0.1) is 11.1 Å². The number of nitrogens with one attached hydrogen (secondary N) is 1. The van der Waals surface area contributed by atoms with E-state index in [0.717, 1.165) is 16.5 Å². The smallest absolute Gasteiger partial charge is 0.282 e. The molecule has 0 aliphatic rings. The normalized spacial score (nSPS) is 11.1. The fourth-order valence-electron chi connectivity index (χ4n) is 3.53. The van der Waals surface area contributed by atoms with E-state index in [1.165, 1.54) is 29.3 Å². The van der Waals surface area contributed by atoms with E-state index in [9.17, 15) is 14.9 Å². The van der Waals surface area contributed by atoms with Crippen LogP contribution in [0.3, 0.4) is 0 Å². The molecule has 4 aromatic rings. The van der Waals surface area contributed by atoms with E-state index >= 15 is 0 Å². The lowest BCUT2D eigenvalue weighted by Gasteiger charge is -2.08. The molecule has 3 aromatic carbocycles. The number of benzene rings is 3. The standard InChI is InChI=1S/C24H20N4O3/c1-17-8-2-3-9-18(17)15-27-16-19(20-10-4-6-12-22(20)27)14-25-26-24(29)21-11-5-7-13-23(21)28(30)31/h2-14,16H,15H2,1H3,(H,26,29)/b25-14-. The number of rotatable bonds is 6. The Hall–Kier alpha value is -4.26. The van der Waals surface area contributed by atoms with Crippen LogP contribution in [0, 0.1) is 17.0 Å². The number of nitrogens with zero attached hydrogens (tertiary/aromatic N) is 3. The minimum absolute atomic E-state index is 0.0355. The number of fused-ring (bicyclic) bond motifs is 1. The Morgan fingerprint density at radius 3 is 2.58 bits per heavy atom. The summed E-state index contributed by atoms with van der Waals surface area (Å²) in [5.74, 6) is -0.632. The van der Waals surface area contributed by atoms with E-state index in [0.29, 0.717) is 6.54 Å². The summed E-state index contributed by atoms with van der Waals surface area (Å²) >= 11 is 0. The molecule has 1 amide bonds. The minimum Gasteiger partial charge on any atom is -0.342 e. The second-order valence-corrected chi connectivity index (χ2v) is 7.13. The van der Waals surface area contributed by atoms with Gasteiger partial charge in [-0.15, -0.1) is 0 Å². The molecule has 0 atom stereocenters. The van der Waals surface area contributed by atoms with Crippen LogP contribution < -0.4 is 5.43 Å². The van der Waals surface area contributed by atoms with Crippen LogP contribution in [-0.4, -0.2) is 21.6 Å². The van der Waals surface area contributed by atoms with Gasteiger partial charge in [-0.1, -0.05) is 54.6 Å². The Labute approximate surface area is 178 Å². The number of para-hydroxylation sites is 2. The summed E-state index contributed by atoms with van der Waals surface area (Å²) in [5.41, 5.74) is 6.42. The van der Waals surface area contributed by atoms with Crippen LogP contribution in [0.25, 0.3) is 10.9 Å². The first-order chi connectivity index (χ1) is 15.0. The van der Waals surface area contributed by atoms with Crippen molar-refractivity contribution in [2.24, 2.45) is 5.10 Å². The van der Waals surface area contributed by atoms with Gasteiger partial charge in [0.2, 0.25) is 0 Å². The van der Waals surface area contributed by atoms with Crippen LogP contribution in [-0.2, 0) is 6.54 Å². The van der Waals surface area contributed by atoms with Crippen molar-refractivity contribution >= 4 is 28.7 Å². The molecule has 31 heavy (non-hydrogen) atoms. The molecular formula is C24H20N4O3. The predicted octanol–water partition coefficient (Wildman–Crippen LogP) is 4.67. The maximum Gasteiger partial charge on any atom is 0.282 e. The Bertz CT molecular complexity index is 1310. The van der Waals surface area contributed by atoms with Gasteiger partial charge < -0.3 is 4.57 Å². The van der Waals surface area contributed by atoms with Crippen LogP contribution in [0.4, 0.5) is 5.69 Å². The Morgan fingerprint density at radius 1 is 1.06 bits per heavy atom. The molecule has 7 heteroatoms. The first kappa shape index (κ1) is 20.0. The Kier molecular flexibility index (Phi) is 5.57. The van der Waals surface area contributed by atoms with Gasteiger partial charge in [-0.05, 0) is 30.2 Å². The Morgan fingerprint density at radius 2 is 1.77 bits per heavy atom. The number of nitro groups is 1. The van der Waals surface area contributed by atoms with E-state index in [4.69, 9.17) is 0 Å². The van der Waals surface area contributed by atoms with Gasteiger partial charge in [0.25, 0.3) is 11.6 Å². The minimum atomic E-state index is -0.632. The van der Waals surface area contributed by atoms with Crippen molar-refractivity contribution in [3.8, 4) is 0 Å². The fraction of sp³-hybridized carbons (Fsp3) is 0.0833. The number of hydrogen-bond acceptors (Lipinski definition) is 4. The number of hydrazone groups is 1. The third-order valence-electron chi connectivity index (χ3n) is 5.14. The zero-order valence-electron chi connectivity index (χ0n) is 16.9. The van der Waals surface area contributed by atoms with Crippen LogP contribution in [0.2, 0.25) is 0 Å². The first-order valence-corrected chi connectivity index (χ1v) is 9.74. The number of aromatic nitrogens is 1. The van der Waals surface area contributed by atoms with Crippen molar-refractivity contribution in [1.82, 2.24) is 9.99 Å². The van der Waals surface area contributed by atoms with Gasteiger partial charge in [-0.3, -0.25) is 14.9 Å². The first-order valence-electron chi connectivity index (χ1n) is 9.74. The lowest BCUT2D eigenvalue weighted by molar-refractivity contribution is -0.385. The highest BCUT2D eigenvalue weighted by Crippen LogP contribution is 2.22. The second kappa shape index (κ2) is 8.62. The quantitative estimate of drug-likeness (QED) is 0.283. The maximum atomic E-state index is 12.4. The lowest BCUT2D eigenvalue weighted by atomic mass is 10.1. The van der Waals surface area contributed by atoms with Crippen molar-refractivity contribution in [3.63, 3.8) is 0 Å². The summed E-state index contributed by atoms with van der Waals surface area (Å²) in [6, 6.07) is 22.0. The third-order valence-corrected chi connectivity index (χ3v) is 5.14. The molecule has 0 saturated carbocycles. The SMILES string of the molecule is Cc1ccccc1Cn1cc(/C=N\NC(=O)c2ccccc2[N+](=O)[O-])c2ccccc21. The zero-order chi connectivity index (χ0) is 21.8. The predicted molar refractivity (Wildman–Crippen MR) is 120 cm³/mol. The van der Waals surface area contributed by atoms with E-state index in [1.54, 1.807) is 12.3 Å². The molecule has 0 fully saturated rings. The average molecular weight is 412 g/mol. The molecule has 0 spiro atoms. The molecule has 0 saturated heterocycles. The van der Waals surface area contributed by atoms with Crippen molar-refractivity contribution in [2.75, 3.05) is 0 Å². The third kappa shape index (κ3) is 4.20. The van der Waals surface area contributed by atoms with E-state index in [-0.39, 0.29) is 11.3 Å². The molecule has 7 nitrogen and oxygen atoms in total. The van der Waals surface area contributed by atoms with Crippen molar-refractivity contribution in [3.05, 3.63) is 111 Å². The van der Waals surface area contributed by atoms with Crippen molar-refractivity contribution in [2.45, 2.75) is 13.5 Å². The molecule has 1 N–H and O–H groups in total. The highest BCUT2D eigenvalue weighted by atomic mass is 16.6. The summed E-state index contributed by atoms with van der Waals surface area (Å²) < 4.78 is 2.14. The summed E-state index contributed by atoms with van der Waals surface area (Å²) in [5, 5.41) is 16.2. The highest BCUT2D eigenvalue weighted by Gasteiger charge is 2.18. The average Bonchev–Trinajstić information content (AvgIpc) is 3.13. The Balaban J connectivity index is 1.59. The molecule has 1 heterocycles. The molecule has 0 unspecified atom stereocenters. The van der Waals surface area contributed by atoms with Crippen LogP contribution in [0.1, 0.15) is 27.0 Å². The van der Waals surface area contributed by atoms with Gasteiger partial charge in [-0.2, -0.15) is 5.10 Å². The molecular weight excluding hydrogens is 392 g/mol. The number of carbonyl (C=O) groups excluding carboxylic acids is 1. The molecule has 4 rings (SSSR count). The topological polar surface area (TPSA) is 89.5 Å². The van der Waals surface area contributed by atoms with Gasteiger partial charge in [0, 0.05) is 35.3 Å². The highest BCUT2D eigenvalue weighted by molar-refractivity contribution is 6.01. The van der Waals surface area contributed by atoms with Gasteiger partial charge in [0.1, 0.15) is 5.56 Å². The summed E-state index contributed by atoms with van der Waals surface area (Å²) in [6.45, 7) is 2.80. The summed E-state index contributed by atoms with van der Waals surface area (Å²) in [4.78, 5) is 22.9. The molecule has 0 radical (unpaired) electrons. The van der Waals surface area contributed by atoms with E-state index < -0.39 is 10.8 Å². The van der Waals surface area contributed by atoms with Crippen molar-refractivity contribution in [1.29, 1.82) is 0 Å². The number of carbonyl (C=O) groups is 1. The van der Waals surface area contributed by atoms with Gasteiger partial charge in [-0.25, -0.2) is 5.43 Å². The van der Waals surface area contributed by atoms with Crippen LogP contribution in [0.15, 0.2) is 84.1 Å². The number of amides is 1. The molecule has 0 bridgehead atoms. The van der Waals surface area contributed by atoms with E-state index in [2.05, 4.69) is 34.2 Å². The van der Waals surface area contributed by atoms with Crippen LogP contribution in [0.5, 0.6) is 0 Å². The summed E-state index contributed by atoms with van der Waals surface area (Å²) in [6.07, 6.45) is 3.54. The fourth-order valence-corrected chi connectivity index (χ4v) is 3.53. The zero-order valence-corrected chi connectivity index (χ0v) is 16.9. The molecule has 154 valence electrons.